The van der Waals surface area contributed by atoms with Gasteiger partial charge in [0.1, 0.15) is 9.66 Å². The lowest BCUT2D eigenvalue weighted by molar-refractivity contribution is 1.36. The summed E-state index contributed by atoms with van der Waals surface area (Å²) in [4.78, 5) is 13.8. The van der Waals surface area contributed by atoms with Crippen molar-refractivity contribution in [3.05, 3.63) is 67.3 Å². The van der Waals surface area contributed by atoms with Crippen LogP contribution in [0.1, 0.15) is 44.7 Å². The molecule has 0 aliphatic rings. The zero-order chi connectivity index (χ0) is 22.3. The van der Waals surface area contributed by atoms with Gasteiger partial charge in [0.2, 0.25) is 0 Å². The molecule has 0 bridgehead atoms. The molecule has 0 unspecified atom stereocenters. The smallest absolute Gasteiger partial charge is 0.134 e. The predicted molar refractivity (Wildman–Crippen MR) is 141 cm³/mol. The highest BCUT2D eigenvalue weighted by Crippen LogP contribution is 2.29. The molecular weight excluding hydrogens is 445 g/mol. The van der Waals surface area contributed by atoms with Gasteiger partial charge in [0, 0.05) is 9.75 Å². The Morgan fingerprint density at radius 3 is 1.17 bits per heavy atom. The Bertz CT molecular complexity index is 954. The number of nitrogens with zero attached hydrogens (tertiary/aromatic N) is 2. The van der Waals surface area contributed by atoms with Crippen molar-refractivity contribution in [2.75, 3.05) is 0 Å². The summed E-state index contributed by atoms with van der Waals surface area (Å²) in [7, 11) is 0. The molecule has 6 heteroatoms. The van der Waals surface area contributed by atoms with Gasteiger partial charge in [-0.2, -0.15) is 0 Å². The summed E-state index contributed by atoms with van der Waals surface area (Å²) in [5.41, 5.74) is 2.66. The van der Waals surface area contributed by atoms with Crippen LogP contribution in [0.2, 0.25) is 0 Å². The highest BCUT2D eigenvalue weighted by atomic mass is 32.1. The summed E-state index contributed by atoms with van der Waals surface area (Å²) in [6, 6.07) is 12.9. The number of aromatic nitrogens is 2. The highest BCUT2D eigenvalue weighted by Gasteiger charge is 2.02. The lowest BCUT2D eigenvalue weighted by Crippen LogP contribution is -1.70. The molecule has 0 fully saturated rings. The quantitative estimate of drug-likeness (QED) is 0.223. The summed E-state index contributed by atoms with van der Waals surface area (Å²) in [5, 5.41) is 2.34. The maximum atomic E-state index is 4.37. The lowest BCUT2D eigenvalue weighted by atomic mass is 10.2. The molecule has 4 aromatic heterocycles. The molecular formula is C24H30N2S4. The van der Waals surface area contributed by atoms with E-state index in [0.717, 1.165) is 0 Å². The number of hydrogen-bond acceptors (Lipinski definition) is 6. The molecule has 5 aromatic rings. The molecule has 160 valence electrons. The molecule has 0 N–H and O–H groups in total. The van der Waals surface area contributed by atoms with Gasteiger partial charge in [0.25, 0.3) is 0 Å². The maximum absolute atomic E-state index is 4.37. The average Bonchev–Trinajstić information content (AvgIpc) is 3.39. The second-order valence-corrected chi connectivity index (χ2v) is 11.6. The van der Waals surface area contributed by atoms with Gasteiger partial charge in [0.05, 0.1) is 19.4 Å². The van der Waals surface area contributed by atoms with Crippen molar-refractivity contribution >= 4 is 64.4 Å². The van der Waals surface area contributed by atoms with E-state index < -0.39 is 0 Å². The van der Waals surface area contributed by atoms with Gasteiger partial charge in [-0.25, -0.2) is 9.97 Å². The van der Waals surface area contributed by atoms with Crippen LogP contribution in [0.15, 0.2) is 36.4 Å². The molecule has 0 radical (unpaired) electrons. The molecule has 0 saturated carbocycles. The number of aryl methyl sites for hydroxylation is 6. The molecule has 30 heavy (non-hydrogen) atoms. The van der Waals surface area contributed by atoms with Crippen molar-refractivity contribution in [1.82, 2.24) is 9.97 Å². The first-order valence-corrected chi connectivity index (χ1v) is 13.3. The van der Waals surface area contributed by atoms with E-state index in [0.29, 0.717) is 0 Å². The summed E-state index contributed by atoms with van der Waals surface area (Å²) in [6.07, 6.45) is 0. The normalized spacial score (nSPS) is 10.0. The third-order valence-electron chi connectivity index (χ3n) is 3.86. The van der Waals surface area contributed by atoms with E-state index in [4.69, 9.17) is 0 Å². The molecule has 5 rings (SSSR count). The molecule has 1 aromatic carbocycles. The van der Waals surface area contributed by atoms with Crippen molar-refractivity contribution in [2.45, 2.75) is 55.4 Å². The van der Waals surface area contributed by atoms with Crippen LogP contribution >= 0.6 is 45.3 Å². The summed E-state index contributed by atoms with van der Waals surface area (Å²) in [5.74, 6) is 0. The van der Waals surface area contributed by atoms with Crippen molar-refractivity contribution < 1.29 is 0 Å². The summed E-state index contributed by atoms with van der Waals surface area (Å²) >= 11 is 7.09. The monoisotopic (exact) mass is 474 g/mol. The number of hydrogen-bond donors (Lipinski definition) is 0. The molecule has 0 amide bonds. The van der Waals surface area contributed by atoms with Crippen molar-refractivity contribution in [2.24, 2.45) is 0 Å². The Morgan fingerprint density at radius 2 is 0.867 bits per heavy atom. The topological polar surface area (TPSA) is 25.8 Å². The van der Waals surface area contributed by atoms with Crippen LogP contribution in [-0.4, -0.2) is 9.97 Å². The van der Waals surface area contributed by atoms with Crippen LogP contribution in [-0.2, 0) is 0 Å². The third-order valence-corrected chi connectivity index (χ3v) is 7.84. The SMILES string of the molecule is CC.Cc1cc2sc(C)nc2s1.Cc1cc2sc(C)nc2s1.Cc1ccc(C)cc1. The molecule has 0 aliphatic carbocycles. The minimum atomic E-state index is 1.17. The van der Waals surface area contributed by atoms with Crippen LogP contribution < -0.4 is 0 Å². The van der Waals surface area contributed by atoms with Gasteiger partial charge in [-0.3, -0.25) is 0 Å². The molecule has 0 saturated heterocycles. The van der Waals surface area contributed by atoms with Gasteiger partial charge in [-0.05, 0) is 53.7 Å². The second kappa shape index (κ2) is 11.7. The molecule has 0 atom stereocenters. The molecule has 4 heterocycles. The predicted octanol–water partition coefficient (Wildman–Crippen LogP) is 9.28. The Kier molecular flexibility index (Phi) is 9.62. The molecule has 0 aliphatic heterocycles. The van der Waals surface area contributed by atoms with Gasteiger partial charge in [0.15, 0.2) is 0 Å². The van der Waals surface area contributed by atoms with E-state index in [9.17, 15) is 0 Å². The lowest BCUT2D eigenvalue weighted by Gasteiger charge is -1.90. The zero-order valence-electron chi connectivity index (χ0n) is 19.0. The van der Waals surface area contributed by atoms with E-state index >= 15 is 0 Å². The fourth-order valence-corrected chi connectivity index (χ4v) is 6.61. The Labute approximate surface area is 196 Å². The van der Waals surface area contributed by atoms with Crippen LogP contribution in [0.25, 0.3) is 19.1 Å². The standard InChI is InChI=1S/C8H10.2C7H7NS2.C2H6/c1-7-3-5-8(2)6-4-7;2*1-4-3-6-7(9-4)8-5(2)10-6;1-2/h3-6H,1-2H3;2*3H,1-2H3;1-2H3. The Hall–Kier alpha value is -1.60. The molecule has 2 nitrogen and oxygen atoms in total. The van der Waals surface area contributed by atoms with Crippen LogP contribution in [0, 0.1) is 41.5 Å². The van der Waals surface area contributed by atoms with Crippen molar-refractivity contribution in [3.63, 3.8) is 0 Å². The maximum Gasteiger partial charge on any atom is 0.134 e. The van der Waals surface area contributed by atoms with E-state index in [1.165, 1.54) is 50.0 Å². The van der Waals surface area contributed by atoms with Crippen LogP contribution in [0.3, 0.4) is 0 Å². The van der Waals surface area contributed by atoms with E-state index in [1.807, 2.05) is 27.7 Å². The van der Waals surface area contributed by atoms with Gasteiger partial charge < -0.3 is 0 Å². The minimum Gasteiger partial charge on any atom is -0.231 e. The number of rotatable bonds is 0. The first-order chi connectivity index (χ1) is 14.3. The number of benzene rings is 1. The minimum absolute atomic E-state index is 1.17. The highest BCUT2D eigenvalue weighted by molar-refractivity contribution is 7.27. The van der Waals surface area contributed by atoms with Crippen LogP contribution in [0.5, 0.6) is 0 Å². The summed E-state index contributed by atoms with van der Waals surface area (Å²) < 4.78 is 2.67. The third kappa shape index (κ3) is 7.27. The Balaban J connectivity index is 0.000000155. The van der Waals surface area contributed by atoms with Crippen molar-refractivity contribution in [3.8, 4) is 0 Å². The van der Waals surface area contributed by atoms with Crippen LogP contribution in [0.4, 0.5) is 0 Å². The first kappa shape index (κ1) is 24.7. The summed E-state index contributed by atoms with van der Waals surface area (Å²) in [6.45, 7) is 16.5. The van der Waals surface area contributed by atoms with Crippen molar-refractivity contribution in [1.29, 1.82) is 0 Å². The number of fused-ring (bicyclic) bond motifs is 2. The zero-order valence-corrected chi connectivity index (χ0v) is 22.3. The van der Waals surface area contributed by atoms with Gasteiger partial charge in [-0.15, -0.1) is 45.3 Å². The fourth-order valence-electron chi connectivity index (χ4n) is 2.55. The first-order valence-electron chi connectivity index (χ1n) is 10.0. The fraction of sp³-hybridized carbons (Fsp3) is 0.333. The van der Waals surface area contributed by atoms with E-state index in [2.05, 4.69) is 74.1 Å². The average molecular weight is 475 g/mol. The number of thiazole rings is 2. The van der Waals surface area contributed by atoms with Gasteiger partial charge >= 0.3 is 0 Å². The Morgan fingerprint density at radius 1 is 0.533 bits per heavy atom. The largest absolute Gasteiger partial charge is 0.231 e. The van der Waals surface area contributed by atoms with E-state index in [-0.39, 0.29) is 0 Å². The second-order valence-electron chi connectivity index (χ2n) is 6.67. The number of thiophene rings is 2. The molecule has 0 spiro atoms. The van der Waals surface area contributed by atoms with Gasteiger partial charge in [-0.1, -0.05) is 49.2 Å². The van der Waals surface area contributed by atoms with E-state index in [1.54, 1.807) is 45.3 Å².